The molecule has 0 atom stereocenters. The molecular formula is C14H16N2. The molecule has 0 N–H and O–H groups in total. The summed E-state index contributed by atoms with van der Waals surface area (Å²) in [5, 5.41) is 4.42. The van der Waals surface area contributed by atoms with Gasteiger partial charge in [-0.2, -0.15) is 5.10 Å². The van der Waals surface area contributed by atoms with Gasteiger partial charge in [-0.15, -0.1) is 0 Å². The Balaban J connectivity index is 2.48. The lowest BCUT2D eigenvalue weighted by Gasteiger charge is -2.07. The number of nitrogens with zero attached hydrogens (tertiary/aromatic N) is 2. The highest BCUT2D eigenvalue weighted by molar-refractivity contribution is 5.51. The van der Waals surface area contributed by atoms with Crippen LogP contribution in [0.15, 0.2) is 43.1 Å². The van der Waals surface area contributed by atoms with E-state index in [-0.39, 0.29) is 0 Å². The van der Waals surface area contributed by atoms with Crippen LogP contribution in [0.4, 0.5) is 0 Å². The van der Waals surface area contributed by atoms with Gasteiger partial charge < -0.3 is 0 Å². The van der Waals surface area contributed by atoms with Gasteiger partial charge in [0.15, 0.2) is 0 Å². The van der Waals surface area contributed by atoms with E-state index < -0.39 is 0 Å². The minimum absolute atomic E-state index is 1.02. The first-order valence-corrected chi connectivity index (χ1v) is 5.61. The van der Waals surface area contributed by atoms with Gasteiger partial charge in [-0.3, -0.25) is 0 Å². The molecule has 1 heterocycles. The average molecular weight is 212 g/mol. The van der Waals surface area contributed by atoms with E-state index in [0.717, 1.165) is 24.1 Å². The third-order valence-electron chi connectivity index (χ3n) is 2.61. The summed E-state index contributed by atoms with van der Waals surface area (Å²) < 4.78 is 2.00. The van der Waals surface area contributed by atoms with Crippen LogP contribution in [0.25, 0.3) is 11.8 Å². The van der Waals surface area contributed by atoms with E-state index >= 15 is 0 Å². The fraction of sp³-hybridized carbons (Fsp3) is 0.214. The Labute approximate surface area is 96.2 Å². The molecule has 0 fully saturated rings. The van der Waals surface area contributed by atoms with Gasteiger partial charge in [0.25, 0.3) is 0 Å². The predicted molar refractivity (Wildman–Crippen MR) is 67.7 cm³/mol. The highest BCUT2D eigenvalue weighted by Crippen LogP contribution is 2.17. The number of aromatic nitrogens is 2. The molecule has 1 aromatic carbocycles. The first-order chi connectivity index (χ1) is 7.86. The fourth-order valence-corrected chi connectivity index (χ4v) is 1.84. The lowest BCUT2D eigenvalue weighted by molar-refractivity contribution is 0.774. The van der Waals surface area contributed by atoms with Gasteiger partial charge in [-0.1, -0.05) is 44.2 Å². The van der Waals surface area contributed by atoms with Gasteiger partial charge in [0.1, 0.15) is 0 Å². The van der Waals surface area contributed by atoms with Crippen LogP contribution in [0.5, 0.6) is 0 Å². The van der Waals surface area contributed by atoms with Crippen LogP contribution in [0.1, 0.15) is 24.6 Å². The Morgan fingerprint density at radius 3 is 2.69 bits per heavy atom. The van der Waals surface area contributed by atoms with Crippen molar-refractivity contribution in [1.29, 1.82) is 0 Å². The Bertz CT molecular complexity index is 469. The van der Waals surface area contributed by atoms with Crippen molar-refractivity contribution in [2.75, 3.05) is 0 Å². The first-order valence-electron chi connectivity index (χ1n) is 5.61. The van der Waals surface area contributed by atoms with Gasteiger partial charge in [-0.25, -0.2) is 4.68 Å². The summed E-state index contributed by atoms with van der Waals surface area (Å²) in [5.74, 6) is 0. The highest BCUT2D eigenvalue weighted by atomic mass is 15.3. The SMILES string of the molecule is C=Cc1cnn(-c2ccccc2)c1CCC. The summed E-state index contributed by atoms with van der Waals surface area (Å²) >= 11 is 0. The Kier molecular flexibility index (Phi) is 3.20. The second kappa shape index (κ2) is 4.79. The highest BCUT2D eigenvalue weighted by Gasteiger charge is 2.08. The molecule has 0 aliphatic heterocycles. The van der Waals surface area contributed by atoms with Crippen molar-refractivity contribution in [3.05, 3.63) is 54.4 Å². The molecule has 16 heavy (non-hydrogen) atoms. The zero-order valence-electron chi connectivity index (χ0n) is 9.56. The largest absolute Gasteiger partial charge is 0.237 e. The molecule has 0 amide bonds. The Morgan fingerprint density at radius 2 is 2.06 bits per heavy atom. The van der Waals surface area contributed by atoms with Gasteiger partial charge in [0, 0.05) is 5.56 Å². The molecule has 82 valence electrons. The number of hydrogen-bond acceptors (Lipinski definition) is 1. The molecule has 0 saturated carbocycles. The molecule has 0 aliphatic rings. The molecule has 2 rings (SSSR count). The van der Waals surface area contributed by atoms with Crippen LogP contribution in [0.3, 0.4) is 0 Å². The van der Waals surface area contributed by atoms with Gasteiger partial charge in [0.2, 0.25) is 0 Å². The van der Waals surface area contributed by atoms with Crippen molar-refractivity contribution in [3.8, 4) is 5.69 Å². The molecule has 0 aliphatic carbocycles. The van der Waals surface area contributed by atoms with Crippen LogP contribution in [0, 0.1) is 0 Å². The van der Waals surface area contributed by atoms with Gasteiger partial charge >= 0.3 is 0 Å². The van der Waals surface area contributed by atoms with Crippen molar-refractivity contribution in [1.82, 2.24) is 9.78 Å². The maximum absolute atomic E-state index is 4.42. The standard InChI is InChI=1S/C14H16N2/c1-3-8-14-12(4-2)11-15-16(14)13-9-6-5-7-10-13/h4-7,9-11H,2-3,8H2,1H3. The van der Waals surface area contributed by atoms with Crippen molar-refractivity contribution in [2.45, 2.75) is 19.8 Å². The molecule has 1 aromatic heterocycles. The molecule has 2 aromatic rings. The summed E-state index contributed by atoms with van der Waals surface area (Å²) in [4.78, 5) is 0. The van der Waals surface area contributed by atoms with E-state index in [4.69, 9.17) is 0 Å². The molecule has 0 spiro atoms. The van der Waals surface area contributed by atoms with E-state index in [2.05, 4.69) is 30.7 Å². The predicted octanol–water partition coefficient (Wildman–Crippen LogP) is 3.47. The molecule has 0 radical (unpaired) electrons. The third kappa shape index (κ3) is 1.91. The molecule has 2 heteroatoms. The summed E-state index contributed by atoms with van der Waals surface area (Å²) in [6.45, 7) is 6.00. The lowest BCUT2D eigenvalue weighted by atomic mass is 10.1. The summed E-state index contributed by atoms with van der Waals surface area (Å²) in [6.07, 6.45) is 5.89. The van der Waals surface area contributed by atoms with Crippen molar-refractivity contribution < 1.29 is 0 Å². The molecule has 2 nitrogen and oxygen atoms in total. The minimum Gasteiger partial charge on any atom is -0.237 e. The van der Waals surface area contributed by atoms with Crippen LogP contribution in [-0.2, 0) is 6.42 Å². The zero-order valence-corrected chi connectivity index (χ0v) is 9.56. The normalized spacial score (nSPS) is 10.3. The van der Waals surface area contributed by atoms with Gasteiger partial charge in [0.05, 0.1) is 17.6 Å². The summed E-state index contributed by atoms with van der Waals surface area (Å²) in [7, 11) is 0. The second-order valence-electron chi connectivity index (χ2n) is 3.75. The number of hydrogen-bond donors (Lipinski definition) is 0. The van der Waals surface area contributed by atoms with E-state index in [1.54, 1.807) is 0 Å². The van der Waals surface area contributed by atoms with Crippen LogP contribution < -0.4 is 0 Å². The zero-order chi connectivity index (χ0) is 11.4. The monoisotopic (exact) mass is 212 g/mol. The number of para-hydroxylation sites is 1. The van der Waals surface area contributed by atoms with Crippen LogP contribution >= 0.6 is 0 Å². The second-order valence-corrected chi connectivity index (χ2v) is 3.75. The lowest BCUT2D eigenvalue weighted by Crippen LogP contribution is -2.02. The van der Waals surface area contributed by atoms with E-state index in [0.29, 0.717) is 0 Å². The third-order valence-corrected chi connectivity index (χ3v) is 2.61. The topological polar surface area (TPSA) is 17.8 Å². The molecule has 0 saturated heterocycles. The van der Waals surface area contributed by atoms with Crippen molar-refractivity contribution in [2.24, 2.45) is 0 Å². The fourth-order valence-electron chi connectivity index (χ4n) is 1.84. The van der Waals surface area contributed by atoms with E-state index in [1.165, 1.54) is 5.69 Å². The first kappa shape index (κ1) is 10.7. The molecule has 0 bridgehead atoms. The van der Waals surface area contributed by atoms with Gasteiger partial charge in [-0.05, 0) is 18.6 Å². The average Bonchev–Trinajstić information content (AvgIpc) is 2.74. The maximum atomic E-state index is 4.42. The van der Waals surface area contributed by atoms with E-state index in [1.807, 2.05) is 35.2 Å². The molecule has 0 unspecified atom stereocenters. The van der Waals surface area contributed by atoms with Crippen LogP contribution in [-0.4, -0.2) is 9.78 Å². The summed E-state index contributed by atoms with van der Waals surface area (Å²) in [6, 6.07) is 10.2. The quantitative estimate of drug-likeness (QED) is 0.758. The molecular weight excluding hydrogens is 196 g/mol. The maximum Gasteiger partial charge on any atom is 0.0649 e. The van der Waals surface area contributed by atoms with Crippen molar-refractivity contribution >= 4 is 6.08 Å². The van der Waals surface area contributed by atoms with Crippen LogP contribution in [0.2, 0.25) is 0 Å². The smallest absolute Gasteiger partial charge is 0.0649 e. The Morgan fingerprint density at radius 1 is 1.31 bits per heavy atom. The van der Waals surface area contributed by atoms with Crippen molar-refractivity contribution in [3.63, 3.8) is 0 Å². The summed E-state index contributed by atoms with van der Waals surface area (Å²) in [5.41, 5.74) is 3.48. The van der Waals surface area contributed by atoms with E-state index in [9.17, 15) is 0 Å². The number of rotatable bonds is 4. The number of benzene rings is 1. The Hall–Kier alpha value is -1.83. The minimum atomic E-state index is 1.02.